The van der Waals surface area contributed by atoms with Crippen LogP contribution in [0.3, 0.4) is 0 Å². The lowest BCUT2D eigenvalue weighted by Gasteiger charge is -2.30. The van der Waals surface area contributed by atoms with Crippen molar-refractivity contribution in [3.05, 3.63) is 0 Å². The van der Waals surface area contributed by atoms with Gasteiger partial charge in [-0.2, -0.15) is 0 Å². The molecule has 4 nitrogen and oxygen atoms in total. The molecule has 0 fully saturated rings. The molecule has 0 aromatic heterocycles. The molecule has 0 rings (SSSR count). The second-order valence-corrected chi connectivity index (χ2v) is 5.54. The highest BCUT2D eigenvalue weighted by Gasteiger charge is 2.24. The summed E-state index contributed by atoms with van der Waals surface area (Å²) in [6.07, 6.45) is 2.88. The second-order valence-electron chi connectivity index (χ2n) is 5.54. The van der Waals surface area contributed by atoms with Crippen LogP contribution in [0.4, 0.5) is 4.79 Å². The van der Waals surface area contributed by atoms with E-state index in [2.05, 4.69) is 31.6 Å². The zero-order chi connectivity index (χ0) is 13.5. The molecule has 0 saturated carbocycles. The maximum absolute atomic E-state index is 11.4. The molecule has 0 atom stereocenters. The Hall–Kier alpha value is -0.770. The molecular weight excluding hydrogens is 216 g/mol. The number of ether oxygens (including phenoxy) is 1. The number of hydrogen-bond donors (Lipinski definition) is 2. The van der Waals surface area contributed by atoms with Gasteiger partial charge in [0.25, 0.3) is 0 Å². The molecule has 0 bridgehead atoms. The van der Waals surface area contributed by atoms with Gasteiger partial charge in [0.15, 0.2) is 0 Å². The summed E-state index contributed by atoms with van der Waals surface area (Å²) < 4.78 is 5.14. The van der Waals surface area contributed by atoms with Crippen LogP contribution in [-0.2, 0) is 4.74 Å². The maximum Gasteiger partial charge on any atom is 0.422 e. The lowest BCUT2D eigenvalue weighted by molar-refractivity contribution is 0.0484. The summed E-state index contributed by atoms with van der Waals surface area (Å²) in [5.74, 6) is 0. The van der Waals surface area contributed by atoms with Crippen molar-refractivity contribution in [3.63, 3.8) is 0 Å². The lowest BCUT2D eigenvalue weighted by atomic mass is 9.80. The fraction of sp³-hybridized carbons (Fsp3) is 0.923. The third kappa shape index (κ3) is 6.51. The van der Waals surface area contributed by atoms with Gasteiger partial charge in [-0.1, -0.05) is 20.8 Å². The van der Waals surface area contributed by atoms with Gasteiger partial charge in [-0.05, 0) is 45.4 Å². The van der Waals surface area contributed by atoms with E-state index in [1.54, 1.807) is 0 Å². The summed E-state index contributed by atoms with van der Waals surface area (Å²) in [4.78, 5) is 11.4. The van der Waals surface area contributed by atoms with Crippen molar-refractivity contribution in [2.45, 2.75) is 66.4 Å². The normalized spacial score (nSPS) is 12.4. The van der Waals surface area contributed by atoms with Gasteiger partial charge in [0.1, 0.15) is 5.60 Å². The van der Waals surface area contributed by atoms with E-state index in [0.717, 1.165) is 25.8 Å². The summed E-state index contributed by atoms with van der Waals surface area (Å²) in [6.45, 7) is 12.9. The van der Waals surface area contributed by atoms with Crippen LogP contribution >= 0.6 is 0 Å². The van der Waals surface area contributed by atoms with Crippen molar-refractivity contribution in [1.29, 1.82) is 0 Å². The number of carbonyl (C=O) groups excluding carboxylic acids is 1. The number of nitrogens with one attached hydrogen (secondary N) is 2. The minimum Gasteiger partial charge on any atom is -0.443 e. The van der Waals surface area contributed by atoms with Crippen LogP contribution in [0, 0.1) is 5.41 Å². The van der Waals surface area contributed by atoms with E-state index in [1.807, 2.05) is 20.8 Å². The summed E-state index contributed by atoms with van der Waals surface area (Å²) in [7, 11) is 0. The van der Waals surface area contributed by atoms with E-state index in [4.69, 9.17) is 4.74 Å². The Morgan fingerprint density at radius 2 is 1.53 bits per heavy atom. The van der Waals surface area contributed by atoms with Gasteiger partial charge < -0.3 is 4.74 Å². The zero-order valence-corrected chi connectivity index (χ0v) is 12.1. The fourth-order valence-corrected chi connectivity index (χ4v) is 1.73. The molecule has 4 heteroatoms. The molecule has 0 aromatic rings. The molecule has 0 unspecified atom stereocenters. The first-order valence-corrected chi connectivity index (χ1v) is 6.50. The molecule has 2 N–H and O–H groups in total. The van der Waals surface area contributed by atoms with Crippen molar-refractivity contribution >= 4 is 6.09 Å². The first-order valence-electron chi connectivity index (χ1n) is 6.50. The largest absolute Gasteiger partial charge is 0.443 e. The lowest BCUT2D eigenvalue weighted by Crippen LogP contribution is -2.46. The van der Waals surface area contributed by atoms with Crippen LogP contribution in [0.15, 0.2) is 0 Å². The Morgan fingerprint density at radius 1 is 1.06 bits per heavy atom. The summed E-state index contributed by atoms with van der Waals surface area (Å²) in [5, 5.41) is 0. The van der Waals surface area contributed by atoms with Crippen LogP contribution in [-0.4, -0.2) is 18.2 Å². The van der Waals surface area contributed by atoms with Crippen molar-refractivity contribution in [2.24, 2.45) is 5.41 Å². The molecular formula is C13H28N2O2. The van der Waals surface area contributed by atoms with Crippen molar-refractivity contribution in [1.82, 2.24) is 10.9 Å². The highest BCUT2D eigenvalue weighted by molar-refractivity contribution is 5.66. The minimum absolute atomic E-state index is 0.259. The van der Waals surface area contributed by atoms with E-state index in [1.165, 1.54) is 0 Å². The molecule has 0 aliphatic carbocycles. The third-order valence-electron chi connectivity index (χ3n) is 3.30. The topological polar surface area (TPSA) is 50.4 Å². The monoisotopic (exact) mass is 244 g/mol. The number of hydrogen-bond acceptors (Lipinski definition) is 3. The molecule has 0 heterocycles. The first kappa shape index (κ1) is 16.2. The van der Waals surface area contributed by atoms with Crippen molar-refractivity contribution < 1.29 is 9.53 Å². The Bertz CT molecular complexity index is 222. The first-order chi connectivity index (χ1) is 7.78. The van der Waals surface area contributed by atoms with Crippen molar-refractivity contribution in [2.75, 3.05) is 6.54 Å². The number of carbonyl (C=O) groups is 1. The maximum atomic E-state index is 11.4. The standard InChI is InChI=1S/C13H28N2O2/c1-7-13(8-2,9-3)10-14-15-11(16)17-12(4,5)6/h14H,7-10H2,1-6H3,(H,15,16). The highest BCUT2D eigenvalue weighted by atomic mass is 16.6. The molecule has 0 radical (unpaired) electrons. The molecule has 102 valence electrons. The fourth-order valence-electron chi connectivity index (χ4n) is 1.73. The molecule has 0 aromatic carbocycles. The van der Waals surface area contributed by atoms with Crippen LogP contribution < -0.4 is 10.9 Å². The summed E-state index contributed by atoms with van der Waals surface area (Å²) in [6, 6.07) is 0. The van der Waals surface area contributed by atoms with Crippen LogP contribution in [0.5, 0.6) is 0 Å². The van der Waals surface area contributed by atoms with Crippen molar-refractivity contribution in [3.8, 4) is 0 Å². The van der Waals surface area contributed by atoms with E-state index in [-0.39, 0.29) is 5.41 Å². The Morgan fingerprint density at radius 3 is 1.88 bits per heavy atom. The third-order valence-corrected chi connectivity index (χ3v) is 3.30. The zero-order valence-electron chi connectivity index (χ0n) is 12.1. The van der Waals surface area contributed by atoms with Gasteiger partial charge in [-0.25, -0.2) is 10.2 Å². The summed E-state index contributed by atoms with van der Waals surface area (Å²) in [5.41, 5.74) is 5.37. The van der Waals surface area contributed by atoms with E-state index < -0.39 is 11.7 Å². The van der Waals surface area contributed by atoms with Gasteiger partial charge in [0.2, 0.25) is 0 Å². The molecule has 17 heavy (non-hydrogen) atoms. The van der Waals surface area contributed by atoms with E-state index in [0.29, 0.717) is 0 Å². The highest BCUT2D eigenvalue weighted by Crippen LogP contribution is 2.28. The minimum atomic E-state index is -0.455. The van der Waals surface area contributed by atoms with E-state index in [9.17, 15) is 4.79 Å². The van der Waals surface area contributed by atoms with Gasteiger partial charge in [0.05, 0.1) is 0 Å². The van der Waals surface area contributed by atoms with Crippen LogP contribution in [0.1, 0.15) is 60.8 Å². The molecule has 0 saturated heterocycles. The van der Waals surface area contributed by atoms with Gasteiger partial charge in [-0.3, -0.25) is 5.43 Å². The quantitative estimate of drug-likeness (QED) is 0.705. The predicted octanol–water partition coefficient (Wildman–Crippen LogP) is 3.23. The van der Waals surface area contributed by atoms with Gasteiger partial charge >= 0.3 is 6.09 Å². The number of amides is 1. The molecule has 0 aliphatic rings. The van der Waals surface area contributed by atoms with Gasteiger partial charge in [-0.15, -0.1) is 0 Å². The SMILES string of the molecule is CCC(CC)(CC)CNNC(=O)OC(C)(C)C. The Balaban J connectivity index is 4.01. The van der Waals surface area contributed by atoms with Gasteiger partial charge in [0, 0.05) is 6.54 Å². The van der Waals surface area contributed by atoms with E-state index >= 15 is 0 Å². The Kier molecular flexibility index (Phi) is 6.53. The molecule has 1 amide bonds. The average molecular weight is 244 g/mol. The molecule has 0 spiro atoms. The van der Waals surface area contributed by atoms with Crippen LogP contribution in [0.25, 0.3) is 0 Å². The summed E-state index contributed by atoms with van der Waals surface area (Å²) >= 11 is 0. The van der Waals surface area contributed by atoms with Crippen LogP contribution in [0.2, 0.25) is 0 Å². The number of rotatable bonds is 6. The Labute approximate surface area is 105 Å². The molecule has 0 aliphatic heterocycles. The average Bonchev–Trinajstić information content (AvgIpc) is 2.22. The smallest absolute Gasteiger partial charge is 0.422 e. The predicted molar refractivity (Wildman–Crippen MR) is 70.7 cm³/mol. The number of hydrazine groups is 1. The second kappa shape index (κ2) is 6.84.